The summed E-state index contributed by atoms with van der Waals surface area (Å²) in [4.78, 5) is 19.5. The number of hydrogen-bond acceptors (Lipinski definition) is 2. The molecule has 1 saturated heterocycles. The number of carbonyl (C=O) groups excluding carboxylic acids is 1. The van der Waals surface area contributed by atoms with Gasteiger partial charge in [-0.15, -0.1) is 0 Å². The minimum absolute atomic E-state index is 0.0479. The number of rotatable bonds is 1. The van der Waals surface area contributed by atoms with Crippen molar-refractivity contribution < 1.29 is 4.79 Å². The topological polar surface area (TPSA) is 32.7 Å². The Balaban J connectivity index is 2.00. The first-order valence-corrected chi connectivity index (χ1v) is 7.89. The fourth-order valence-corrected chi connectivity index (χ4v) is 3.55. The van der Waals surface area contributed by atoms with Crippen molar-refractivity contribution in [3.05, 3.63) is 58.7 Å². The summed E-state index contributed by atoms with van der Waals surface area (Å²) in [5.41, 5.74) is 6.17. The minimum atomic E-state index is 0.0479. The summed E-state index contributed by atoms with van der Waals surface area (Å²) in [5.74, 6) is 0.830. The van der Waals surface area contributed by atoms with Gasteiger partial charge in [0.15, 0.2) is 0 Å². The van der Waals surface area contributed by atoms with E-state index in [4.69, 9.17) is 4.99 Å². The van der Waals surface area contributed by atoms with E-state index in [0.29, 0.717) is 0 Å². The minimum Gasteiger partial charge on any atom is -0.268 e. The van der Waals surface area contributed by atoms with Gasteiger partial charge in [-0.2, -0.15) is 0 Å². The number of amidine groups is 1. The molecule has 0 spiro atoms. The molecule has 2 aliphatic heterocycles. The van der Waals surface area contributed by atoms with Crippen LogP contribution in [-0.2, 0) is 11.2 Å². The van der Waals surface area contributed by atoms with Crippen molar-refractivity contribution in [3.8, 4) is 0 Å². The van der Waals surface area contributed by atoms with Crippen LogP contribution in [0.5, 0.6) is 0 Å². The van der Waals surface area contributed by atoms with E-state index in [-0.39, 0.29) is 5.91 Å². The predicted octanol–water partition coefficient (Wildman–Crippen LogP) is 4.02. The average Bonchev–Trinajstić information content (AvgIpc) is 2.80. The van der Waals surface area contributed by atoms with E-state index >= 15 is 0 Å². The third kappa shape index (κ3) is 1.62. The molecular formula is C19H18N2O. The summed E-state index contributed by atoms with van der Waals surface area (Å²) in [7, 11) is 0. The van der Waals surface area contributed by atoms with Crippen LogP contribution in [0, 0.1) is 0 Å². The quantitative estimate of drug-likeness (QED) is 0.719. The van der Waals surface area contributed by atoms with Crippen LogP contribution in [0.4, 0.5) is 5.69 Å². The fraction of sp³-hybridized carbons (Fsp3) is 0.263. The first kappa shape index (κ1) is 13.3. The van der Waals surface area contributed by atoms with Gasteiger partial charge >= 0.3 is 0 Å². The average molecular weight is 290 g/mol. The Morgan fingerprint density at radius 3 is 2.95 bits per heavy atom. The van der Waals surface area contributed by atoms with Crippen molar-refractivity contribution in [1.82, 2.24) is 0 Å². The van der Waals surface area contributed by atoms with Crippen LogP contribution in [0.25, 0.3) is 5.70 Å². The summed E-state index contributed by atoms with van der Waals surface area (Å²) in [6, 6.07) is 6.23. The Kier molecular flexibility index (Phi) is 2.89. The van der Waals surface area contributed by atoms with Gasteiger partial charge in [0, 0.05) is 16.7 Å². The van der Waals surface area contributed by atoms with E-state index in [1.165, 1.54) is 5.56 Å². The van der Waals surface area contributed by atoms with Crippen molar-refractivity contribution >= 4 is 23.1 Å². The number of carbonyl (C=O) groups is 1. The maximum absolute atomic E-state index is 12.9. The summed E-state index contributed by atoms with van der Waals surface area (Å²) in [5, 5.41) is 0. The highest BCUT2D eigenvalue weighted by molar-refractivity contribution is 6.40. The van der Waals surface area contributed by atoms with Crippen LogP contribution < -0.4 is 4.90 Å². The van der Waals surface area contributed by atoms with Crippen molar-refractivity contribution in [1.29, 1.82) is 0 Å². The molecule has 0 unspecified atom stereocenters. The fourth-order valence-electron chi connectivity index (χ4n) is 3.55. The highest BCUT2D eigenvalue weighted by atomic mass is 16.2. The second kappa shape index (κ2) is 4.80. The largest absolute Gasteiger partial charge is 0.268 e. The molecule has 3 aliphatic rings. The molecule has 0 saturated carbocycles. The molecule has 3 nitrogen and oxygen atoms in total. The molecule has 4 rings (SSSR count). The number of nitrogens with zero attached hydrogens (tertiary/aromatic N) is 2. The number of benzene rings is 1. The van der Waals surface area contributed by atoms with Crippen LogP contribution in [0.1, 0.15) is 37.8 Å². The summed E-state index contributed by atoms with van der Waals surface area (Å²) >= 11 is 0. The van der Waals surface area contributed by atoms with E-state index < -0.39 is 0 Å². The molecule has 1 aromatic rings. The lowest BCUT2D eigenvalue weighted by Crippen LogP contribution is -2.33. The number of fused-ring (bicyclic) bond motifs is 2. The van der Waals surface area contributed by atoms with Crippen LogP contribution in [0.2, 0.25) is 0 Å². The van der Waals surface area contributed by atoms with Crippen molar-refractivity contribution in [2.24, 2.45) is 4.99 Å². The second-order valence-electron chi connectivity index (χ2n) is 5.74. The number of aliphatic imine (C=N–C) groups is 1. The van der Waals surface area contributed by atoms with Gasteiger partial charge in [-0.3, -0.25) is 9.69 Å². The Bertz CT molecular complexity index is 809. The molecule has 0 radical (unpaired) electrons. The summed E-state index contributed by atoms with van der Waals surface area (Å²) < 4.78 is 0. The molecule has 3 heteroatoms. The van der Waals surface area contributed by atoms with Crippen LogP contribution in [0.15, 0.2) is 52.6 Å². The van der Waals surface area contributed by atoms with Gasteiger partial charge in [-0.05, 0) is 37.8 Å². The lowest BCUT2D eigenvalue weighted by molar-refractivity contribution is -0.113. The maximum atomic E-state index is 12.9. The van der Waals surface area contributed by atoms with Gasteiger partial charge in [-0.25, -0.2) is 4.99 Å². The molecule has 0 atom stereocenters. The van der Waals surface area contributed by atoms with Crippen LogP contribution >= 0.6 is 0 Å². The van der Waals surface area contributed by atoms with Crippen molar-refractivity contribution in [3.63, 3.8) is 0 Å². The molecule has 0 aromatic heterocycles. The van der Waals surface area contributed by atoms with Crippen molar-refractivity contribution in [2.45, 2.75) is 33.1 Å². The second-order valence-corrected chi connectivity index (χ2v) is 5.74. The zero-order valence-corrected chi connectivity index (χ0v) is 12.9. The SMILES string of the molecule is C/C=C1/C2=NC3=CCCc4cccc(c43)N2C(=O)/C1=C/CC. The highest BCUT2D eigenvalue weighted by Crippen LogP contribution is 2.44. The maximum Gasteiger partial charge on any atom is 0.264 e. The lowest BCUT2D eigenvalue weighted by Gasteiger charge is -2.29. The molecule has 22 heavy (non-hydrogen) atoms. The standard InChI is InChI=1S/C19H18N2O/c1-3-7-14-13(4-2)18-20-15-10-5-8-12-9-6-11-16(17(12)15)21(18)19(14)22/h4,6-7,9-11H,3,5,8H2,1-2H3/b13-4+,14-7+. The molecule has 1 aliphatic carbocycles. The van der Waals surface area contributed by atoms with Gasteiger partial charge in [0.2, 0.25) is 0 Å². The lowest BCUT2D eigenvalue weighted by atomic mass is 9.92. The molecule has 1 amide bonds. The Labute approximate surface area is 130 Å². The van der Waals surface area contributed by atoms with E-state index in [1.807, 2.05) is 31.2 Å². The summed E-state index contributed by atoms with van der Waals surface area (Å²) in [6.45, 7) is 4.03. The molecule has 0 N–H and O–H groups in total. The number of amides is 1. The van der Waals surface area contributed by atoms with E-state index in [9.17, 15) is 4.79 Å². The monoisotopic (exact) mass is 290 g/mol. The molecule has 2 heterocycles. The number of anilines is 1. The van der Waals surface area contributed by atoms with Crippen LogP contribution in [-0.4, -0.2) is 11.7 Å². The van der Waals surface area contributed by atoms with E-state index in [1.54, 1.807) is 4.90 Å². The van der Waals surface area contributed by atoms with Gasteiger partial charge in [0.1, 0.15) is 5.84 Å². The first-order chi connectivity index (χ1) is 10.8. The Hall–Kier alpha value is -2.42. The molecule has 1 aromatic carbocycles. The van der Waals surface area contributed by atoms with Gasteiger partial charge < -0.3 is 0 Å². The van der Waals surface area contributed by atoms with Gasteiger partial charge in [0.25, 0.3) is 5.91 Å². The van der Waals surface area contributed by atoms with Gasteiger partial charge in [-0.1, -0.05) is 37.3 Å². The zero-order chi connectivity index (χ0) is 15.3. The molecular weight excluding hydrogens is 272 g/mol. The van der Waals surface area contributed by atoms with Gasteiger partial charge in [0.05, 0.1) is 11.4 Å². The number of aryl methyl sites for hydroxylation is 1. The van der Waals surface area contributed by atoms with E-state index in [2.05, 4.69) is 19.1 Å². The predicted molar refractivity (Wildman–Crippen MR) is 89.8 cm³/mol. The number of hydrogen-bond donors (Lipinski definition) is 0. The molecule has 0 bridgehead atoms. The number of allylic oxidation sites excluding steroid dienone is 3. The van der Waals surface area contributed by atoms with Crippen molar-refractivity contribution in [2.75, 3.05) is 4.90 Å². The normalized spacial score (nSPS) is 22.6. The van der Waals surface area contributed by atoms with E-state index in [0.717, 1.165) is 53.2 Å². The Morgan fingerprint density at radius 2 is 2.18 bits per heavy atom. The highest BCUT2D eigenvalue weighted by Gasteiger charge is 2.41. The third-order valence-corrected chi connectivity index (χ3v) is 4.48. The summed E-state index contributed by atoms with van der Waals surface area (Å²) in [6.07, 6.45) is 9.07. The third-order valence-electron chi connectivity index (χ3n) is 4.48. The zero-order valence-electron chi connectivity index (χ0n) is 12.9. The van der Waals surface area contributed by atoms with Crippen LogP contribution in [0.3, 0.4) is 0 Å². The Morgan fingerprint density at radius 1 is 1.32 bits per heavy atom. The first-order valence-electron chi connectivity index (χ1n) is 7.89. The smallest absolute Gasteiger partial charge is 0.264 e. The molecule has 1 fully saturated rings. The molecule has 110 valence electrons.